The summed E-state index contributed by atoms with van der Waals surface area (Å²) in [6.45, 7) is 1.43. The maximum absolute atomic E-state index is 12.0. The molecule has 2 rings (SSSR count). The predicted molar refractivity (Wildman–Crippen MR) is 92.0 cm³/mol. The fourth-order valence-electron chi connectivity index (χ4n) is 2.15. The van der Waals surface area contributed by atoms with E-state index in [0.717, 1.165) is 19.3 Å². The Balaban J connectivity index is 2.34. The highest BCUT2D eigenvalue weighted by atomic mass is 16.5. The Bertz CT molecular complexity index is 779. The smallest absolute Gasteiger partial charge is 0.383 e. The molecule has 1 aromatic carbocycles. The largest absolute Gasteiger partial charge is 0.503 e. The zero-order chi connectivity index (χ0) is 18.2. The normalized spacial score (nSPS) is 12.6. The van der Waals surface area contributed by atoms with E-state index in [1.54, 1.807) is 18.2 Å². The predicted octanol–water partition coefficient (Wildman–Crippen LogP) is 2.31. The highest BCUT2D eigenvalue weighted by molar-refractivity contribution is 5.91. The van der Waals surface area contributed by atoms with Gasteiger partial charge in [0.25, 0.3) is 5.75 Å². The molecule has 25 heavy (non-hydrogen) atoms. The van der Waals surface area contributed by atoms with Crippen LogP contribution in [0.5, 0.6) is 17.2 Å². The van der Waals surface area contributed by atoms with Gasteiger partial charge < -0.3 is 29.2 Å². The first-order chi connectivity index (χ1) is 12.1. The number of ether oxygens (including phenoxy) is 2. The second kappa shape index (κ2) is 9.10. The van der Waals surface area contributed by atoms with Crippen LogP contribution >= 0.6 is 0 Å². The van der Waals surface area contributed by atoms with E-state index in [1.807, 2.05) is 0 Å². The third kappa shape index (κ3) is 4.74. The molecular formula is C18H22O7. The minimum atomic E-state index is -1.06. The van der Waals surface area contributed by atoms with Gasteiger partial charge >= 0.3 is 5.63 Å². The van der Waals surface area contributed by atoms with Crippen molar-refractivity contribution in [3.63, 3.8) is 0 Å². The van der Waals surface area contributed by atoms with E-state index in [2.05, 4.69) is 6.92 Å². The lowest BCUT2D eigenvalue weighted by Gasteiger charge is -2.13. The molecule has 0 saturated heterocycles. The van der Waals surface area contributed by atoms with Gasteiger partial charge in [0.05, 0.1) is 12.9 Å². The number of aliphatic hydroxyl groups excluding tert-OH is 2. The number of benzene rings is 1. The summed E-state index contributed by atoms with van der Waals surface area (Å²) in [6.07, 6.45) is 4.85. The van der Waals surface area contributed by atoms with Gasteiger partial charge in [0.15, 0.2) is 5.75 Å². The van der Waals surface area contributed by atoms with Crippen molar-refractivity contribution in [2.75, 3.05) is 13.2 Å². The maximum atomic E-state index is 12.0. The van der Waals surface area contributed by atoms with Gasteiger partial charge in [-0.2, -0.15) is 0 Å². The Labute approximate surface area is 144 Å². The van der Waals surface area contributed by atoms with Crippen molar-refractivity contribution in [1.82, 2.24) is 0 Å². The third-order valence-electron chi connectivity index (χ3n) is 3.48. The Morgan fingerprint density at radius 1 is 1.36 bits per heavy atom. The summed E-state index contributed by atoms with van der Waals surface area (Å²) >= 11 is 0. The van der Waals surface area contributed by atoms with Crippen LogP contribution in [0.1, 0.15) is 26.2 Å². The van der Waals surface area contributed by atoms with Gasteiger partial charge in [-0.3, -0.25) is 0 Å². The van der Waals surface area contributed by atoms with E-state index >= 15 is 0 Å². The van der Waals surface area contributed by atoms with E-state index in [0.29, 0.717) is 0 Å². The van der Waals surface area contributed by atoms with Crippen LogP contribution in [-0.2, 0) is 0 Å². The molecule has 0 radical (unpaired) electrons. The number of hydrogen-bond donors (Lipinski definition) is 3. The molecule has 0 amide bonds. The summed E-state index contributed by atoms with van der Waals surface area (Å²) in [7, 11) is 0. The molecule has 136 valence electrons. The molecule has 1 unspecified atom stereocenters. The lowest BCUT2D eigenvalue weighted by atomic mass is 10.2. The highest BCUT2D eigenvalue weighted by Gasteiger charge is 2.19. The van der Waals surface area contributed by atoms with Crippen molar-refractivity contribution >= 4 is 11.0 Å². The molecule has 0 aliphatic carbocycles. The molecule has 1 atom stereocenters. The molecule has 1 aromatic heterocycles. The van der Waals surface area contributed by atoms with Crippen LogP contribution in [-0.4, -0.2) is 34.6 Å². The standard InChI is InChI=1S/C18H22O7/c1-2-3-4-5-9-23-17-16(21)15-13(24-11-12(20)10-19)7-6-8-14(15)25-18(17)22/h5-9,12,19-21H,2-4,10-11H2,1H3. The minimum Gasteiger partial charge on any atom is -0.503 e. The van der Waals surface area contributed by atoms with E-state index in [9.17, 15) is 15.0 Å². The van der Waals surface area contributed by atoms with Crippen LogP contribution in [0.15, 0.2) is 39.7 Å². The van der Waals surface area contributed by atoms with Crippen molar-refractivity contribution in [2.45, 2.75) is 32.3 Å². The molecule has 0 saturated carbocycles. The zero-order valence-electron chi connectivity index (χ0n) is 14.0. The first-order valence-corrected chi connectivity index (χ1v) is 8.10. The van der Waals surface area contributed by atoms with Crippen LogP contribution < -0.4 is 15.1 Å². The summed E-state index contributed by atoms with van der Waals surface area (Å²) in [5.74, 6) is -0.537. The van der Waals surface area contributed by atoms with Crippen LogP contribution in [0.4, 0.5) is 0 Å². The quantitative estimate of drug-likeness (QED) is 0.362. The summed E-state index contributed by atoms with van der Waals surface area (Å²) in [5.41, 5.74) is -0.682. The summed E-state index contributed by atoms with van der Waals surface area (Å²) in [4.78, 5) is 12.0. The molecule has 1 heterocycles. The van der Waals surface area contributed by atoms with E-state index in [1.165, 1.54) is 12.3 Å². The number of aromatic hydroxyl groups is 1. The van der Waals surface area contributed by atoms with Crippen LogP contribution in [0.2, 0.25) is 0 Å². The van der Waals surface area contributed by atoms with Crippen molar-refractivity contribution in [2.24, 2.45) is 0 Å². The number of rotatable bonds is 9. The van der Waals surface area contributed by atoms with E-state index in [-0.39, 0.29) is 29.1 Å². The van der Waals surface area contributed by atoms with Gasteiger partial charge in [-0.15, -0.1) is 0 Å². The summed E-state index contributed by atoms with van der Waals surface area (Å²) in [6, 6.07) is 4.64. The third-order valence-corrected chi connectivity index (χ3v) is 3.48. The van der Waals surface area contributed by atoms with Crippen LogP contribution in [0, 0.1) is 0 Å². The number of allylic oxidation sites excluding steroid dienone is 1. The minimum absolute atomic E-state index is 0.126. The topological polar surface area (TPSA) is 109 Å². The number of aliphatic hydroxyl groups is 2. The fraction of sp³-hybridized carbons (Fsp3) is 0.389. The molecule has 0 aliphatic rings. The van der Waals surface area contributed by atoms with Gasteiger partial charge in [-0.1, -0.05) is 19.4 Å². The molecular weight excluding hydrogens is 328 g/mol. The number of hydrogen-bond acceptors (Lipinski definition) is 7. The summed E-state index contributed by atoms with van der Waals surface area (Å²) in [5, 5.41) is 28.8. The SMILES string of the molecule is CCCCC=COc1c(O)c2c(OCC(O)CO)cccc2oc1=O. The van der Waals surface area contributed by atoms with Gasteiger partial charge in [-0.25, -0.2) is 4.79 Å². The van der Waals surface area contributed by atoms with Crippen molar-refractivity contribution in [1.29, 1.82) is 0 Å². The average molecular weight is 350 g/mol. The number of unbranched alkanes of at least 4 members (excludes halogenated alkanes) is 2. The monoisotopic (exact) mass is 350 g/mol. The molecule has 0 spiro atoms. The molecule has 7 heteroatoms. The van der Waals surface area contributed by atoms with E-state index < -0.39 is 24.1 Å². The lowest BCUT2D eigenvalue weighted by molar-refractivity contribution is 0.0540. The maximum Gasteiger partial charge on any atom is 0.383 e. The van der Waals surface area contributed by atoms with Crippen LogP contribution in [0.3, 0.4) is 0 Å². The zero-order valence-corrected chi connectivity index (χ0v) is 14.0. The van der Waals surface area contributed by atoms with Gasteiger partial charge in [-0.05, 0) is 31.1 Å². The molecule has 0 fully saturated rings. The molecule has 7 nitrogen and oxygen atoms in total. The first-order valence-electron chi connectivity index (χ1n) is 8.10. The van der Waals surface area contributed by atoms with E-state index in [4.69, 9.17) is 19.0 Å². The molecule has 2 aromatic rings. The van der Waals surface area contributed by atoms with Gasteiger partial charge in [0.2, 0.25) is 0 Å². The van der Waals surface area contributed by atoms with Crippen LogP contribution in [0.25, 0.3) is 11.0 Å². The summed E-state index contributed by atoms with van der Waals surface area (Å²) < 4.78 is 15.8. The Kier molecular flexibility index (Phi) is 6.85. The second-order valence-corrected chi connectivity index (χ2v) is 5.48. The second-order valence-electron chi connectivity index (χ2n) is 5.48. The van der Waals surface area contributed by atoms with Crippen molar-refractivity contribution in [3.8, 4) is 17.2 Å². The van der Waals surface area contributed by atoms with Gasteiger partial charge in [0.1, 0.15) is 29.4 Å². The average Bonchev–Trinajstić information content (AvgIpc) is 2.61. The van der Waals surface area contributed by atoms with Crippen molar-refractivity contribution in [3.05, 3.63) is 41.0 Å². The fourth-order valence-corrected chi connectivity index (χ4v) is 2.15. The molecule has 3 N–H and O–H groups in total. The lowest BCUT2D eigenvalue weighted by Crippen LogP contribution is -2.21. The highest BCUT2D eigenvalue weighted by Crippen LogP contribution is 2.37. The first kappa shape index (κ1) is 18.8. The van der Waals surface area contributed by atoms with Gasteiger partial charge in [0, 0.05) is 0 Å². The Morgan fingerprint density at radius 2 is 2.16 bits per heavy atom. The van der Waals surface area contributed by atoms with Crippen molar-refractivity contribution < 1.29 is 29.2 Å². The Hall–Kier alpha value is -2.51. The number of fused-ring (bicyclic) bond motifs is 1. The Morgan fingerprint density at radius 3 is 2.88 bits per heavy atom. The molecule has 0 aliphatic heterocycles. The molecule has 0 bridgehead atoms.